The zero-order chi connectivity index (χ0) is 18.5. The van der Waals surface area contributed by atoms with E-state index in [4.69, 9.17) is 0 Å². The van der Waals surface area contributed by atoms with Crippen LogP contribution < -0.4 is 0 Å². The molecule has 1 unspecified atom stereocenters. The van der Waals surface area contributed by atoms with Gasteiger partial charge in [-0.05, 0) is 43.2 Å². The molecule has 1 fully saturated rings. The standard InChI is InChI=1S/C20H26N4O2/c1-14(2)11-18(25)15-6-9-24(10-7-15)20(26)16-12-22-19(23-13-16)17-5-3-4-8-21-17/h3-5,8,12-15,18,25H,6-7,9-11H2,1-2H3. The third-order valence-corrected chi connectivity index (χ3v) is 4.88. The van der Waals surface area contributed by atoms with Gasteiger partial charge in [0.05, 0.1) is 11.7 Å². The van der Waals surface area contributed by atoms with Crippen LogP contribution >= 0.6 is 0 Å². The predicted molar refractivity (Wildman–Crippen MR) is 99.4 cm³/mol. The van der Waals surface area contributed by atoms with Crippen LogP contribution in [0.1, 0.15) is 43.5 Å². The van der Waals surface area contributed by atoms with Crippen molar-refractivity contribution >= 4 is 5.91 Å². The number of hydrogen-bond acceptors (Lipinski definition) is 5. The lowest BCUT2D eigenvalue weighted by atomic mass is 9.87. The summed E-state index contributed by atoms with van der Waals surface area (Å²) in [6, 6.07) is 5.55. The van der Waals surface area contributed by atoms with E-state index in [0.29, 0.717) is 36.1 Å². The van der Waals surface area contributed by atoms with E-state index >= 15 is 0 Å². The summed E-state index contributed by atoms with van der Waals surface area (Å²) >= 11 is 0. The molecule has 1 saturated heterocycles. The first-order chi connectivity index (χ1) is 12.5. The molecule has 0 bridgehead atoms. The zero-order valence-corrected chi connectivity index (χ0v) is 15.4. The molecule has 0 aliphatic carbocycles. The van der Waals surface area contributed by atoms with Gasteiger partial charge in [0.2, 0.25) is 0 Å². The van der Waals surface area contributed by atoms with Gasteiger partial charge in [0.15, 0.2) is 5.82 Å². The fourth-order valence-corrected chi connectivity index (χ4v) is 3.41. The monoisotopic (exact) mass is 354 g/mol. The van der Waals surface area contributed by atoms with E-state index in [1.807, 2.05) is 23.1 Å². The number of aliphatic hydroxyl groups excluding tert-OH is 1. The summed E-state index contributed by atoms with van der Waals surface area (Å²) in [7, 11) is 0. The van der Waals surface area contributed by atoms with Crippen molar-refractivity contribution in [2.75, 3.05) is 13.1 Å². The number of aliphatic hydroxyl groups is 1. The minimum Gasteiger partial charge on any atom is -0.393 e. The van der Waals surface area contributed by atoms with Crippen LogP contribution in [0, 0.1) is 11.8 Å². The fraction of sp³-hybridized carbons (Fsp3) is 0.500. The van der Waals surface area contributed by atoms with Gasteiger partial charge in [-0.15, -0.1) is 0 Å². The molecule has 0 spiro atoms. The Kier molecular flexibility index (Phi) is 5.93. The van der Waals surface area contributed by atoms with E-state index in [1.165, 1.54) is 0 Å². The molecular formula is C20H26N4O2. The fourth-order valence-electron chi connectivity index (χ4n) is 3.41. The molecule has 2 aromatic heterocycles. The molecule has 0 saturated carbocycles. The Morgan fingerprint density at radius 1 is 1.19 bits per heavy atom. The molecule has 6 heteroatoms. The van der Waals surface area contributed by atoms with Crippen molar-refractivity contribution in [2.45, 2.75) is 39.2 Å². The van der Waals surface area contributed by atoms with Crippen LogP contribution in [0.4, 0.5) is 0 Å². The Hall–Kier alpha value is -2.34. The number of likely N-dealkylation sites (tertiary alicyclic amines) is 1. The van der Waals surface area contributed by atoms with Crippen LogP contribution in [-0.2, 0) is 0 Å². The van der Waals surface area contributed by atoms with Crippen LogP contribution in [0.15, 0.2) is 36.8 Å². The summed E-state index contributed by atoms with van der Waals surface area (Å²) in [5.41, 5.74) is 1.18. The molecule has 1 amide bonds. The molecule has 3 heterocycles. The first kappa shape index (κ1) is 18.5. The summed E-state index contributed by atoms with van der Waals surface area (Å²) in [5.74, 6) is 1.23. The predicted octanol–water partition coefficient (Wildman–Crippen LogP) is 2.80. The second-order valence-electron chi connectivity index (χ2n) is 7.34. The van der Waals surface area contributed by atoms with Gasteiger partial charge >= 0.3 is 0 Å². The van der Waals surface area contributed by atoms with Gasteiger partial charge in [0.25, 0.3) is 5.91 Å². The SMILES string of the molecule is CC(C)CC(O)C1CCN(C(=O)c2cnc(-c3ccccn3)nc2)CC1. The highest BCUT2D eigenvalue weighted by Gasteiger charge is 2.28. The van der Waals surface area contributed by atoms with Crippen LogP contribution in [0.2, 0.25) is 0 Å². The number of nitrogens with zero attached hydrogens (tertiary/aromatic N) is 4. The number of rotatable bonds is 5. The van der Waals surface area contributed by atoms with Crippen molar-refractivity contribution in [3.63, 3.8) is 0 Å². The molecule has 138 valence electrons. The highest BCUT2D eigenvalue weighted by Crippen LogP contribution is 2.25. The van der Waals surface area contributed by atoms with E-state index in [9.17, 15) is 9.90 Å². The van der Waals surface area contributed by atoms with Crippen molar-refractivity contribution < 1.29 is 9.90 Å². The molecular weight excluding hydrogens is 328 g/mol. The molecule has 1 aliphatic rings. The minimum absolute atomic E-state index is 0.0469. The average molecular weight is 354 g/mol. The van der Waals surface area contributed by atoms with Gasteiger partial charge in [-0.2, -0.15) is 0 Å². The molecule has 26 heavy (non-hydrogen) atoms. The molecule has 1 atom stereocenters. The largest absolute Gasteiger partial charge is 0.393 e. The van der Waals surface area contributed by atoms with Crippen LogP contribution in [0.3, 0.4) is 0 Å². The van der Waals surface area contributed by atoms with Crippen molar-refractivity contribution in [1.29, 1.82) is 0 Å². The minimum atomic E-state index is -0.270. The Bertz CT molecular complexity index is 710. The van der Waals surface area contributed by atoms with Crippen molar-refractivity contribution in [3.05, 3.63) is 42.4 Å². The number of piperidine rings is 1. The molecule has 0 radical (unpaired) electrons. The van der Waals surface area contributed by atoms with Crippen molar-refractivity contribution in [3.8, 4) is 11.5 Å². The second kappa shape index (κ2) is 8.36. The van der Waals surface area contributed by atoms with Gasteiger partial charge < -0.3 is 10.0 Å². The van der Waals surface area contributed by atoms with Crippen LogP contribution in [0.5, 0.6) is 0 Å². The second-order valence-corrected chi connectivity index (χ2v) is 7.34. The molecule has 6 nitrogen and oxygen atoms in total. The van der Waals surface area contributed by atoms with Gasteiger partial charge in [-0.3, -0.25) is 9.78 Å². The normalized spacial score (nSPS) is 16.7. The quantitative estimate of drug-likeness (QED) is 0.893. The Labute approximate surface area is 154 Å². The maximum atomic E-state index is 12.7. The first-order valence-electron chi connectivity index (χ1n) is 9.25. The Morgan fingerprint density at radius 2 is 1.88 bits per heavy atom. The number of carbonyl (C=O) groups excluding carboxylic acids is 1. The lowest BCUT2D eigenvalue weighted by Crippen LogP contribution is -2.41. The zero-order valence-electron chi connectivity index (χ0n) is 15.4. The van der Waals surface area contributed by atoms with Gasteiger partial charge in [-0.25, -0.2) is 9.97 Å². The number of hydrogen-bond donors (Lipinski definition) is 1. The molecule has 1 N–H and O–H groups in total. The topological polar surface area (TPSA) is 79.2 Å². The van der Waals surface area contributed by atoms with E-state index in [0.717, 1.165) is 19.3 Å². The molecule has 1 aliphatic heterocycles. The Morgan fingerprint density at radius 3 is 2.46 bits per heavy atom. The van der Waals surface area contributed by atoms with Crippen molar-refractivity contribution in [2.24, 2.45) is 11.8 Å². The lowest BCUT2D eigenvalue weighted by molar-refractivity contribution is 0.0385. The highest BCUT2D eigenvalue weighted by molar-refractivity contribution is 5.93. The summed E-state index contributed by atoms with van der Waals surface area (Å²) in [4.78, 5) is 27.3. The number of aromatic nitrogens is 3. The summed E-state index contributed by atoms with van der Waals surface area (Å²) in [6.07, 6.45) is 7.06. The molecule has 0 aromatic carbocycles. The Balaban J connectivity index is 1.59. The third kappa shape index (κ3) is 4.43. The molecule has 3 rings (SSSR count). The smallest absolute Gasteiger partial charge is 0.256 e. The summed E-state index contributed by atoms with van der Waals surface area (Å²) < 4.78 is 0. The van der Waals surface area contributed by atoms with Gasteiger partial charge in [-0.1, -0.05) is 19.9 Å². The van der Waals surface area contributed by atoms with Gasteiger partial charge in [0.1, 0.15) is 5.69 Å². The maximum Gasteiger partial charge on any atom is 0.256 e. The average Bonchev–Trinajstić information content (AvgIpc) is 2.68. The number of amides is 1. The lowest BCUT2D eigenvalue weighted by Gasteiger charge is -2.34. The van der Waals surface area contributed by atoms with E-state index in [2.05, 4.69) is 28.8 Å². The number of pyridine rings is 1. The van der Waals surface area contributed by atoms with Gasteiger partial charge in [0, 0.05) is 31.7 Å². The molecule has 2 aromatic rings. The highest BCUT2D eigenvalue weighted by atomic mass is 16.3. The third-order valence-electron chi connectivity index (χ3n) is 4.88. The van der Waals surface area contributed by atoms with E-state index in [1.54, 1.807) is 18.6 Å². The summed E-state index contributed by atoms with van der Waals surface area (Å²) in [5, 5.41) is 10.3. The first-order valence-corrected chi connectivity index (χ1v) is 9.25. The van der Waals surface area contributed by atoms with E-state index in [-0.39, 0.29) is 17.9 Å². The van der Waals surface area contributed by atoms with Crippen molar-refractivity contribution in [1.82, 2.24) is 19.9 Å². The number of carbonyl (C=O) groups is 1. The van der Waals surface area contributed by atoms with Crippen LogP contribution in [0.25, 0.3) is 11.5 Å². The van der Waals surface area contributed by atoms with E-state index < -0.39 is 0 Å². The summed E-state index contributed by atoms with van der Waals surface area (Å²) in [6.45, 7) is 5.58. The van der Waals surface area contributed by atoms with Crippen LogP contribution in [-0.4, -0.2) is 50.1 Å². The maximum absolute atomic E-state index is 12.7.